The lowest BCUT2D eigenvalue weighted by Crippen LogP contribution is -2.35. The van der Waals surface area contributed by atoms with Crippen LogP contribution in [0.2, 0.25) is 0 Å². The fourth-order valence-electron chi connectivity index (χ4n) is 3.77. The van der Waals surface area contributed by atoms with Gasteiger partial charge in [-0.1, -0.05) is 46.3 Å². The molecular formula is C21H22BrFN4O2S2. The molecule has 3 aromatic rings. The van der Waals surface area contributed by atoms with E-state index < -0.39 is 20.7 Å². The van der Waals surface area contributed by atoms with Crippen LogP contribution in [0.15, 0.2) is 62.7 Å². The molecule has 1 N–H and O–H groups in total. The maximum atomic E-state index is 15.4. The highest BCUT2D eigenvalue weighted by atomic mass is 79.9. The molecule has 1 unspecified atom stereocenters. The standard InChI is InChI=1S/C21H22BrFN4O2S2/c1-26(17-7-8-27(12-17)11-15-5-3-2-4-6-15)18-9-16(22)10-19(21(18)23)31(28,29)25-20-13-30-14-24-20/h2-6,9-10,13-14,17,25H,7-8,11-12H2,1H3. The molecule has 6 nitrogen and oxygen atoms in total. The Kier molecular flexibility index (Phi) is 6.61. The Hall–Kier alpha value is -2.01. The van der Waals surface area contributed by atoms with Gasteiger partial charge >= 0.3 is 0 Å². The highest BCUT2D eigenvalue weighted by molar-refractivity contribution is 9.10. The molecule has 164 valence electrons. The Balaban J connectivity index is 1.54. The van der Waals surface area contributed by atoms with Gasteiger partial charge in [-0.2, -0.15) is 0 Å². The summed E-state index contributed by atoms with van der Waals surface area (Å²) in [6, 6.07) is 13.2. The Morgan fingerprint density at radius 2 is 2.10 bits per heavy atom. The number of halogens is 2. The zero-order chi connectivity index (χ0) is 22.0. The summed E-state index contributed by atoms with van der Waals surface area (Å²) < 4.78 is 43.8. The van der Waals surface area contributed by atoms with Gasteiger partial charge in [-0.3, -0.25) is 9.62 Å². The van der Waals surface area contributed by atoms with E-state index in [2.05, 4.69) is 42.7 Å². The first-order chi connectivity index (χ1) is 14.8. The molecule has 0 radical (unpaired) electrons. The van der Waals surface area contributed by atoms with Crippen LogP contribution in [0, 0.1) is 5.82 Å². The number of hydrogen-bond donors (Lipinski definition) is 1. The molecule has 0 aliphatic carbocycles. The van der Waals surface area contributed by atoms with Crippen molar-refractivity contribution in [1.82, 2.24) is 9.88 Å². The van der Waals surface area contributed by atoms with Crippen molar-refractivity contribution >= 4 is 48.8 Å². The highest BCUT2D eigenvalue weighted by Crippen LogP contribution is 2.33. The second-order valence-corrected chi connectivity index (χ2v) is 10.8. The quantitative estimate of drug-likeness (QED) is 0.490. The fraction of sp³-hybridized carbons (Fsp3) is 0.286. The van der Waals surface area contributed by atoms with Crippen molar-refractivity contribution in [2.75, 3.05) is 29.8 Å². The van der Waals surface area contributed by atoms with Crippen LogP contribution in [0.5, 0.6) is 0 Å². The molecule has 0 bridgehead atoms. The maximum Gasteiger partial charge on any atom is 0.266 e. The minimum atomic E-state index is -4.12. The summed E-state index contributed by atoms with van der Waals surface area (Å²) in [4.78, 5) is 7.68. The van der Waals surface area contributed by atoms with Gasteiger partial charge in [0.1, 0.15) is 4.90 Å². The molecule has 1 aromatic heterocycles. The van der Waals surface area contributed by atoms with Crippen molar-refractivity contribution in [2.24, 2.45) is 0 Å². The summed E-state index contributed by atoms with van der Waals surface area (Å²) in [7, 11) is -2.30. The van der Waals surface area contributed by atoms with E-state index in [0.717, 1.165) is 26.1 Å². The first-order valence-electron chi connectivity index (χ1n) is 9.72. The lowest BCUT2D eigenvalue weighted by atomic mass is 10.2. The third-order valence-electron chi connectivity index (χ3n) is 5.37. The smallest absolute Gasteiger partial charge is 0.266 e. The Bertz CT molecular complexity index is 1140. The van der Waals surface area contributed by atoms with Crippen LogP contribution in [0.1, 0.15) is 12.0 Å². The van der Waals surface area contributed by atoms with Crippen LogP contribution < -0.4 is 9.62 Å². The molecule has 1 atom stereocenters. The summed E-state index contributed by atoms with van der Waals surface area (Å²) in [5.74, 6) is -0.596. The monoisotopic (exact) mass is 524 g/mol. The van der Waals surface area contributed by atoms with Gasteiger partial charge in [-0.25, -0.2) is 17.8 Å². The van der Waals surface area contributed by atoms with Crippen molar-refractivity contribution < 1.29 is 12.8 Å². The molecule has 4 rings (SSSR count). The van der Waals surface area contributed by atoms with Gasteiger partial charge in [0.25, 0.3) is 10.0 Å². The second-order valence-electron chi connectivity index (χ2n) is 7.49. The van der Waals surface area contributed by atoms with Crippen molar-refractivity contribution in [2.45, 2.75) is 23.9 Å². The molecule has 0 saturated carbocycles. The van der Waals surface area contributed by atoms with E-state index in [1.807, 2.05) is 30.1 Å². The topological polar surface area (TPSA) is 65.5 Å². The molecule has 10 heteroatoms. The molecule has 31 heavy (non-hydrogen) atoms. The first-order valence-corrected chi connectivity index (χ1v) is 12.9. The zero-order valence-electron chi connectivity index (χ0n) is 16.8. The van der Waals surface area contributed by atoms with E-state index in [0.29, 0.717) is 4.47 Å². The number of thiazole rings is 1. The summed E-state index contributed by atoms with van der Waals surface area (Å²) in [6.07, 6.45) is 0.869. The van der Waals surface area contributed by atoms with Crippen LogP contribution in [0.25, 0.3) is 0 Å². The number of aromatic nitrogens is 1. The summed E-state index contributed by atoms with van der Waals surface area (Å²) >= 11 is 4.60. The van der Waals surface area contributed by atoms with E-state index in [1.165, 1.54) is 28.5 Å². The molecule has 0 spiro atoms. The second kappa shape index (κ2) is 9.23. The molecule has 1 fully saturated rings. The van der Waals surface area contributed by atoms with Gasteiger partial charge in [0.05, 0.1) is 11.2 Å². The van der Waals surface area contributed by atoms with Crippen LogP contribution in [0.4, 0.5) is 15.9 Å². The van der Waals surface area contributed by atoms with E-state index in [4.69, 9.17) is 0 Å². The summed E-state index contributed by atoms with van der Waals surface area (Å²) in [5.41, 5.74) is 3.00. The van der Waals surface area contributed by atoms with Crippen molar-refractivity contribution in [1.29, 1.82) is 0 Å². The van der Waals surface area contributed by atoms with E-state index in [1.54, 1.807) is 11.4 Å². The van der Waals surface area contributed by atoms with Crippen LogP contribution in [0.3, 0.4) is 0 Å². The number of nitrogens with one attached hydrogen (secondary N) is 1. The minimum absolute atomic E-state index is 0.0783. The lowest BCUT2D eigenvalue weighted by Gasteiger charge is -2.28. The van der Waals surface area contributed by atoms with Gasteiger partial charge in [0, 0.05) is 42.6 Å². The van der Waals surface area contributed by atoms with Gasteiger partial charge in [-0.05, 0) is 24.1 Å². The number of likely N-dealkylation sites (tertiary alicyclic amines) is 1. The summed E-state index contributed by atoms with van der Waals surface area (Å²) in [5, 5.41) is 1.56. The number of sulfonamides is 1. The van der Waals surface area contributed by atoms with Gasteiger partial charge in [0.2, 0.25) is 0 Å². The number of anilines is 2. The van der Waals surface area contributed by atoms with Gasteiger partial charge < -0.3 is 4.90 Å². The Morgan fingerprint density at radius 1 is 1.32 bits per heavy atom. The van der Waals surface area contributed by atoms with Gasteiger partial charge in [-0.15, -0.1) is 11.3 Å². The minimum Gasteiger partial charge on any atom is -0.368 e. The van der Waals surface area contributed by atoms with Crippen LogP contribution in [-0.2, 0) is 16.6 Å². The van der Waals surface area contributed by atoms with E-state index in [-0.39, 0.29) is 17.5 Å². The lowest BCUT2D eigenvalue weighted by molar-refractivity contribution is 0.325. The first kappa shape index (κ1) is 22.2. The number of likely N-dealkylation sites (N-methyl/N-ethyl adjacent to an activating group) is 1. The SMILES string of the molecule is CN(c1cc(Br)cc(S(=O)(=O)Nc2cscn2)c1F)C1CCN(Cc2ccccc2)C1. The average Bonchev–Trinajstić information content (AvgIpc) is 3.41. The average molecular weight is 525 g/mol. The van der Waals surface area contributed by atoms with Crippen molar-refractivity contribution in [3.05, 3.63) is 69.2 Å². The largest absolute Gasteiger partial charge is 0.368 e. The van der Waals surface area contributed by atoms with Crippen LogP contribution >= 0.6 is 27.3 Å². The zero-order valence-corrected chi connectivity index (χ0v) is 20.1. The Labute approximate surface area is 193 Å². The van der Waals surface area contributed by atoms with E-state index in [9.17, 15) is 8.42 Å². The molecule has 2 aromatic carbocycles. The Morgan fingerprint density at radius 3 is 2.81 bits per heavy atom. The molecule has 1 saturated heterocycles. The third-order valence-corrected chi connectivity index (χ3v) is 7.77. The molecule has 1 aliphatic heterocycles. The predicted octanol–water partition coefficient (Wildman–Crippen LogP) is 4.56. The van der Waals surface area contributed by atoms with E-state index >= 15 is 4.39 Å². The fourth-order valence-corrected chi connectivity index (χ4v) is 6.04. The van der Waals surface area contributed by atoms with Crippen LogP contribution in [-0.4, -0.2) is 44.5 Å². The van der Waals surface area contributed by atoms with Gasteiger partial charge in [0.15, 0.2) is 11.6 Å². The number of rotatable bonds is 7. The third kappa shape index (κ3) is 5.08. The van der Waals surface area contributed by atoms with Crippen molar-refractivity contribution in [3.63, 3.8) is 0 Å². The number of nitrogens with zero attached hydrogens (tertiary/aromatic N) is 3. The number of benzene rings is 2. The molecule has 0 amide bonds. The highest BCUT2D eigenvalue weighted by Gasteiger charge is 2.30. The predicted molar refractivity (Wildman–Crippen MR) is 126 cm³/mol. The maximum absolute atomic E-state index is 15.4. The molecular weight excluding hydrogens is 503 g/mol. The molecule has 1 aliphatic rings. The normalized spacial score (nSPS) is 17.1. The molecule has 2 heterocycles. The number of hydrogen-bond acceptors (Lipinski definition) is 6. The van der Waals surface area contributed by atoms with Crippen molar-refractivity contribution in [3.8, 4) is 0 Å². The summed E-state index contributed by atoms with van der Waals surface area (Å²) in [6.45, 7) is 2.51.